The van der Waals surface area contributed by atoms with Crippen LogP contribution in [0.25, 0.3) is 0 Å². The van der Waals surface area contributed by atoms with Crippen molar-refractivity contribution in [1.29, 1.82) is 0 Å². The molecule has 0 bridgehead atoms. The standard InChI is InChI=1S/C24H28ClN3O8/c1-28(2)14-6-13(27-8-11(29)7-25)19(31)17-12(14)4-9-3-10-5-15(30)18(23(26)35)22(34)24(10,36)21(33)16(9)20(17)32/h6,9-11,16,18,27,29,31,36H,3-5,7-8H2,1-2H3,(H2,26,35)/t9-,10+,11?,16?,18?,24+/m1/s1. The van der Waals surface area contributed by atoms with E-state index >= 15 is 0 Å². The van der Waals surface area contributed by atoms with E-state index in [1.54, 1.807) is 25.1 Å². The second-order valence-corrected chi connectivity index (χ2v) is 10.3. The number of aliphatic hydroxyl groups is 2. The largest absolute Gasteiger partial charge is 0.505 e. The van der Waals surface area contributed by atoms with Crippen molar-refractivity contribution in [1.82, 2.24) is 0 Å². The number of aliphatic hydroxyl groups excluding tert-OH is 1. The van der Waals surface area contributed by atoms with Crippen LogP contribution in [-0.2, 0) is 25.6 Å². The number of phenols is 1. The molecule has 0 saturated heterocycles. The summed E-state index contributed by atoms with van der Waals surface area (Å²) in [5, 5.41) is 34.9. The van der Waals surface area contributed by atoms with Gasteiger partial charge in [0, 0.05) is 38.7 Å². The van der Waals surface area contributed by atoms with E-state index in [9.17, 15) is 39.3 Å². The molecule has 3 unspecified atom stereocenters. The Morgan fingerprint density at radius 3 is 2.50 bits per heavy atom. The van der Waals surface area contributed by atoms with E-state index in [0.29, 0.717) is 11.3 Å². The zero-order chi connectivity index (χ0) is 26.7. The van der Waals surface area contributed by atoms with Gasteiger partial charge in [0.15, 0.2) is 34.7 Å². The maximum Gasteiger partial charge on any atom is 0.235 e. The van der Waals surface area contributed by atoms with Crippen molar-refractivity contribution in [2.24, 2.45) is 29.4 Å². The Kier molecular flexibility index (Phi) is 6.61. The number of Topliss-reactive ketones (excluding diaryl/α,β-unsaturated/α-hetero) is 4. The summed E-state index contributed by atoms with van der Waals surface area (Å²) in [7, 11) is 3.49. The van der Waals surface area contributed by atoms with E-state index in [2.05, 4.69) is 5.32 Å². The van der Waals surface area contributed by atoms with Crippen molar-refractivity contribution >= 4 is 52.0 Å². The number of ketones is 4. The molecule has 194 valence electrons. The lowest BCUT2D eigenvalue weighted by Gasteiger charge is -2.48. The lowest BCUT2D eigenvalue weighted by molar-refractivity contribution is -0.175. The van der Waals surface area contributed by atoms with Crippen LogP contribution in [0.4, 0.5) is 11.4 Å². The molecule has 6 atom stereocenters. The lowest BCUT2D eigenvalue weighted by atomic mass is 9.53. The van der Waals surface area contributed by atoms with Gasteiger partial charge in [-0.05, 0) is 30.4 Å². The second kappa shape index (κ2) is 9.13. The highest BCUT2D eigenvalue weighted by atomic mass is 35.5. The number of rotatable bonds is 6. The van der Waals surface area contributed by atoms with E-state index < -0.39 is 70.2 Å². The molecule has 36 heavy (non-hydrogen) atoms. The number of hydrogen-bond donors (Lipinski definition) is 5. The number of alkyl halides is 1. The zero-order valence-electron chi connectivity index (χ0n) is 19.8. The molecule has 0 heterocycles. The SMILES string of the molecule is CN(C)c1cc(NCC(O)CCl)c(O)c2c1C[C@H]1C[C@H]3CC(=O)C(C(N)=O)C(=O)[C@@]3(O)C(=O)C1C2=O. The van der Waals surface area contributed by atoms with Crippen molar-refractivity contribution in [3.8, 4) is 5.75 Å². The summed E-state index contributed by atoms with van der Waals surface area (Å²) in [6.07, 6.45) is -1.11. The fourth-order valence-electron chi connectivity index (χ4n) is 5.83. The van der Waals surface area contributed by atoms with E-state index in [1.165, 1.54) is 0 Å². The number of amides is 1. The quantitative estimate of drug-likeness (QED) is 0.184. The topological polar surface area (TPSA) is 187 Å². The molecule has 1 amide bonds. The number of aromatic hydroxyl groups is 1. The number of halogens is 1. The van der Waals surface area contributed by atoms with Crippen LogP contribution in [0.1, 0.15) is 28.8 Å². The Morgan fingerprint density at radius 1 is 1.25 bits per heavy atom. The predicted octanol–water partition coefficient (Wildman–Crippen LogP) is -0.595. The second-order valence-electron chi connectivity index (χ2n) is 9.97. The van der Waals surface area contributed by atoms with Crippen molar-refractivity contribution < 1.29 is 39.3 Å². The number of primary amides is 1. The number of anilines is 2. The highest BCUT2D eigenvalue weighted by Gasteiger charge is 2.66. The van der Waals surface area contributed by atoms with Gasteiger partial charge >= 0.3 is 0 Å². The number of fused-ring (bicyclic) bond motifs is 3. The minimum absolute atomic E-state index is 0.0135. The average Bonchev–Trinajstić information content (AvgIpc) is 2.80. The molecule has 2 fully saturated rings. The molecule has 11 nitrogen and oxygen atoms in total. The third-order valence-electron chi connectivity index (χ3n) is 7.57. The molecular weight excluding hydrogens is 494 g/mol. The molecule has 0 aliphatic heterocycles. The molecule has 0 aromatic heterocycles. The Labute approximate surface area is 211 Å². The Hall–Kier alpha value is -3.02. The average molecular weight is 522 g/mol. The fraction of sp³-hybridized carbons (Fsp3) is 0.542. The van der Waals surface area contributed by atoms with E-state index in [-0.39, 0.29) is 42.9 Å². The van der Waals surface area contributed by atoms with Gasteiger partial charge in [-0.25, -0.2) is 0 Å². The first-order chi connectivity index (χ1) is 16.8. The minimum atomic E-state index is -2.69. The summed E-state index contributed by atoms with van der Waals surface area (Å²) in [5.41, 5.74) is 3.61. The number of nitrogens with two attached hydrogens (primary N) is 1. The van der Waals surface area contributed by atoms with Gasteiger partial charge in [0.25, 0.3) is 0 Å². The Balaban J connectivity index is 1.80. The molecule has 2 saturated carbocycles. The normalized spacial score (nSPS) is 30.2. The third kappa shape index (κ3) is 3.77. The van der Waals surface area contributed by atoms with Gasteiger partial charge in [-0.1, -0.05) is 0 Å². The smallest absolute Gasteiger partial charge is 0.235 e. The summed E-state index contributed by atoms with van der Waals surface area (Å²) in [6, 6.07) is 1.62. The predicted molar refractivity (Wildman–Crippen MR) is 128 cm³/mol. The van der Waals surface area contributed by atoms with Crippen LogP contribution in [0.3, 0.4) is 0 Å². The summed E-state index contributed by atoms with van der Waals surface area (Å²) < 4.78 is 0. The number of benzene rings is 1. The number of carbonyl (C=O) groups excluding carboxylic acids is 5. The Bertz CT molecular complexity index is 1180. The van der Waals surface area contributed by atoms with Gasteiger partial charge in [0.1, 0.15) is 5.75 Å². The first kappa shape index (κ1) is 26.1. The van der Waals surface area contributed by atoms with Gasteiger partial charge in [0.05, 0.1) is 29.2 Å². The molecule has 3 aliphatic carbocycles. The summed E-state index contributed by atoms with van der Waals surface area (Å²) in [4.78, 5) is 66.2. The van der Waals surface area contributed by atoms with Crippen LogP contribution in [0.15, 0.2) is 6.07 Å². The molecule has 3 aliphatic rings. The molecule has 6 N–H and O–H groups in total. The van der Waals surface area contributed by atoms with Crippen molar-refractivity contribution in [2.45, 2.75) is 31.0 Å². The maximum atomic E-state index is 13.7. The minimum Gasteiger partial charge on any atom is -0.505 e. The fourth-order valence-corrected chi connectivity index (χ4v) is 5.94. The zero-order valence-corrected chi connectivity index (χ0v) is 20.5. The molecular formula is C24H28ClN3O8. The first-order valence-electron chi connectivity index (χ1n) is 11.6. The van der Waals surface area contributed by atoms with E-state index in [0.717, 1.165) is 0 Å². The molecule has 4 rings (SSSR count). The summed E-state index contributed by atoms with van der Waals surface area (Å²) in [5.74, 6) is -10.7. The van der Waals surface area contributed by atoms with Crippen molar-refractivity contribution in [3.05, 3.63) is 17.2 Å². The van der Waals surface area contributed by atoms with Crippen molar-refractivity contribution in [3.63, 3.8) is 0 Å². The number of nitrogens with one attached hydrogen (secondary N) is 1. The van der Waals surface area contributed by atoms with Crippen LogP contribution in [0.2, 0.25) is 0 Å². The molecule has 1 aromatic rings. The number of hydrogen-bond acceptors (Lipinski definition) is 10. The highest BCUT2D eigenvalue weighted by molar-refractivity contribution is 6.31. The molecule has 0 radical (unpaired) electrons. The molecule has 12 heteroatoms. The monoisotopic (exact) mass is 521 g/mol. The van der Waals surface area contributed by atoms with Gasteiger partial charge in [0.2, 0.25) is 5.91 Å². The Morgan fingerprint density at radius 2 is 1.92 bits per heavy atom. The molecule has 0 spiro atoms. The van der Waals surface area contributed by atoms with Gasteiger partial charge in [-0.15, -0.1) is 11.6 Å². The van der Waals surface area contributed by atoms with Crippen LogP contribution in [0, 0.1) is 23.7 Å². The first-order valence-corrected chi connectivity index (χ1v) is 12.1. The summed E-state index contributed by atoms with van der Waals surface area (Å²) in [6.45, 7) is -0.0135. The maximum absolute atomic E-state index is 13.7. The van der Waals surface area contributed by atoms with Gasteiger partial charge < -0.3 is 31.3 Å². The van der Waals surface area contributed by atoms with Gasteiger partial charge in [-0.3, -0.25) is 24.0 Å². The number of nitrogens with zero attached hydrogens (tertiary/aromatic N) is 1. The van der Waals surface area contributed by atoms with Crippen LogP contribution < -0.4 is 16.0 Å². The van der Waals surface area contributed by atoms with Crippen LogP contribution >= 0.6 is 11.6 Å². The molecule has 1 aromatic carbocycles. The van der Waals surface area contributed by atoms with Crippen LogP contribution in [-0.4, -0.2) is 82.6 Å². The highest BCUT2D eigenvalue weighted by Crippen LogP contribution is 2.52. The van der Waals surface area contributed by atoms with Crippen molar-refractivity contribution in [2.75, 3.05) is 36.7 Å². The van der Waals surface area contributed by atoms with E-state index in [1.807, 2.05) is 0 Å². The summed E-state index contributed by atoms with van der Waals surface area (Å²) >= 11 is 5.64. The number of carbonyl (C=O) groups is 5. The third-order valence-corrected chi connectivity index (χ3v) is 7.92. The lowest BCUT2D eigenvalue weighted by Crippen LogP contribution is -2.68. The van der Waals surface area contributed by atoms with E-state index in [4.69, 9.17) is 17.3 Å². The van der Waals surface area contributed by atoms with Crippen LogP contribution in [0.5, 0.6) is 5.75 Å². The number of phenolic OH excluding ortho intramolecular Hbond substituents is 1. The van der Waals surface area contributed by atoms with Gasteiger partial charge in [-0.2, -0.15) is 0 Å².